The first-order valence-corrected chi connectivity index (χ1v) is 8.04. The number of aryl methyl sites for hydroxylation is 1. The van der Waals surface area contributed by atoms with E-state index in [2.05, 4.69) is 72.3 Å². The highest BCUT2D eigenvalue weighted by Crippen LogP contribution is 2.22. The minimum absolute atomic E-state index is 0.480. The SMILES string of the molecule is Cc1cc(OCc2ccccc2CNC(C)C)ccc1Br. The summed E-state index contributed by atoms with van der Waals surface area (Å²) in [5, 5.41) is 3.46. The Bertz CT molecular complexity index is 596. The third-order valence-corrected chi connectivity index (χ3v) is 4.23. The van der Waals surface area contributed by atoms with Crippen LogP contribution in [0.15, 0.2) is 46.9 Å². The van der Waals surface area contributed by atoms with Gasteiger partial charge >= 0.3 is 0 Å². The van der Waals surface area contributed by atoms with Gasteiger partial charge in [0.1, 0.15) is 12.4 Å². The molecule has 3 heteroatoms. The van der Waals surface area contributed by atoms with Crippen molar-refractivity contribution in [2.24, 2.45) is 0 Å². The molecule has 0 unspecified atom stereocenters. The van der Waals surface area contributed by atoms with Gasteiger partial charge in [0.25, 0.3) is 0 Å². The van der Waals surface area contributed by atoms with Crippen molar-refractivity contribution in [3.63, 3.8) is 0 Å². The second-order valence-corrected chi connectivity index (χ2v) is 6.36. The number of rotatable bonds is 6. The predicted octanol–water partition coefficient (Wildman–Crippen LogP) is 4.83. The van der Waals surface area contributed by atoms with Crippen molar-refractivity contribution in [1.82, 2.24) is 5.32 Å². The highest BCUT2D eigenvalue weighted by atomic mass is 79.9. The number of hydrogen-bond acceptors (Lipinski definition) is 2. The average Bonchev–Trinajstić information content (AvgIpc) is 2.47. The van der Waals surface area contributed by atoms with Gasteiger partial charge in [0.15, 0.2) is 0 Å². The van der Waals surface area contributed by atoms with Gasteiger partial charge in [-0.15, -0.1) is 0 Å². The number of halogens is 1. The summed E-state index contributed by atoms with van der Waals surface area (Å²) in [5.41, 5.74) is 3.70. The second-order valence-electron chi connectivity index (χ2n) is 5.50. The minimum Gasteiger partial charge on any atom is -0.489 e. The van der Waals surface area contributed by atoms with Crippen LogP contribution in [0.2, 0.25) is 0 Å². The first-order valence-electron chi connectivity index (χ1n) is 7.25. The van der Waals surface area contributed by atoms with E-state index in [4.69, 9.17) is 4.74 Å². The van der Waals surface area contributed by atoms with Crippen molar-refractivity contribution < 1.29 is 4.74 Å². The van der Waals surface area contributed by atoms with E-state index in [0.29, 0.717) is 12.6 Å². The van der Waals surface area contributed by atoms with E-state index in [1.165, 1.54) is 16.7 Å². The van der Waals surface area contributed by atoms with E-state index < -0.39 is 0 Å². The Morgan fingerprint density at radius 2 is 1.81 bits per heavy atom. The Morgan fingerprint density at radius 3 is 2.48 bits per heavy atom. The van der Waals surface area contributed by atoms with Crippen LogP contribution in [0.3, 0.4) is 0 Å². The minimum atomic E-state index is 0.480. The number of hydrogen-bond donors (Lipinski definition) is 1. The normalized spacial score (nSPS) is 10.9. The molecule has 1 N–H and O–H groups in total. The molecule has 0 saturated heterocycles. The topological polar surface area (TPSA) is 21.3 Å². The molecule has 2 aromatic carbocycles. The fourth-order valence-electron chi connectivity index (χ4n) is 2.05. The van der Waals surface area contributed by atoms with Crippen molar-refractivity contribution in [3.05, 3.63) is 63.6 Å². The van der Waals surface area contributed by atoms with Crippen molar-refractivity contribution in [1.29, 1.82) is 0 Å². The van der Waals surface area contributed by atoms with Crippen LogP contribution in [-0.4, -0.2) is 6.04 Å². The van der Waals surface area contributed by atoms with Gasteiger partial charge in [-0.1, -0.05) is 54.0 Å². The Morgan fingerprint density at radius 1 is 1.10 bits per heavy atom. The molecule has 0 atom stereocenters. The van der Waals surface area contributed by atoms with Crippen LogP contribution in [0, 0.1) is 6.92 Å². The van der Waals surface area contributed by atoms with Crippen molar-refractivity contribution in [2.45, 2.75) is 40.0 Å². The van der Waals surface area contributed by atoms with Crippen molar-refractivity contribution >= 4 is 15.9 Å². The summed E-state index contributed by atoms with van der Waals surface area (Å²) < 4.78 is 7.03. The van der Waals surface area contributed by atoms with E-state index in [0.717, 1.165) is 16.8 Å². The zero-order chi connectivity index (χ0) is 15.2. The lowest BCUT2D eigenvalue weighted by molar-refractivity contribution is 0.304. The third kappa shape index (κ3) is 4.87. The maximum absolute atomic E-state index is 5.93. The molecule has 2 aromatic rings. The second kappa shape index (κ2) is 7.62. The van der Waals surface area contributed by atoms with Gasteiger partial charge < -0.3 is 10.1 Å². The van der Waals surface area contributed by atoms with E-state index in [1.54, 1.807) is 0 Å². The van der Waals surface area contributed by atoms with E-state index in [-0.39, 0.29) is 0 Å². The van der Waals surface area contributed by atoms with E-state index >= 15 is 0 Å². The van der Waals surface area contributed by atoms with Crippen LogP contribution in [0.5, 0.6) is 5.75 Å². The average molecular weight is 348 g/mol. The van der Waals surface area contributed by atoms with Crippen LogP contribution in [-0.2, 0) is 13.2 Å². The fraction of sp³-hybridized carbons (Fsp3) is 0.333. The van der Waals surface area contributed by atoms with Gasteiger partial charge in [-0.25, -0.2) is 0 Å². The van der Waals surface area contributed by atoms with Crippen LogP contribution in [0.4, 0.5) is 0 Å². The van der Waals surface area contributed by atoms with E-state index in [1.807, 2.05) is 12.1 Å². The highest BCUT2D eigenvalue weighted by molar-refractivity contribution is 9.10. The summed E-state index contributed by atoms with van der Waals surface area (Å²) >= 11 is 3.51. The Kier molecular flexibility index (Phi) is 5.83. The number of ether oxygens (including phenoxy) is 1. The molecule has 0 amide bonds. The number of nitrogens with one attached hydrogen (secondary N) is 1. The highest BCUT2D eigenvalue weighted by Gasteiger charge is 2.04. The zero-order valence-corrected chi connectivity index (χ0v) is 14.4. The quantitative estimate of drug-likeness (QED) is 0.807. The molecule has 0 bridgehead atoms. The first kappa shape index (κ1) is 16.1. The molecule has 2 nitrogen and oxygen atoms in total. The third-order valence-electron chi connectivity index (χ3n) is 3.34. The van der Waals surface area contributed by atoms with Gasteiger partial charge in [-0.05, 0) is 41.8 Å². The van der Waals surface area contributed by atoms with Crippen molar-refractivity contribution in [3.8, 4) is 5.75 Å². The summed E-state index contributed by atoms with van der Waals surface area (Å²) in [6.07, 6.45) is 0. The number of benzene rings is 2. The lowest BCUT2D eigenvalue weighted by Gasteiger charge is -2.14. The van der Waals surface area contributed by atoms with Crippen LogP contribution >= 0.6 is 15.9 Å². The molecule has 0 aliphatic heterocycles. The lowest BCUT2D eigenvalue weighted by Crippen LogP contribution is -2.22. The fourth-order valence-corrected chi connectivity index (χ4v) is 2.30. The van der Waals surface area contributed by atoms with E-state index in [9.17, 15) is 0 Å². The van der Waals surface area contributed by atoms with Crippen LogP contribution in [0.25, 0.3) is 0 Å². The molecule has 0 aliphatic carbocycles. The summed E-state index contributed by atoms with van der Waals surface area (Å²) in [7, 11) is 0. The molecule has 21 heavy (non-hydrogen) atoms. The molecule has 0 radical (unpaired) electrons. The first-order chi connectivity index (χ1) is 10.1. The largest absolute Gasteiger partial charge is 0.489 e. The lowest BCUT2D eigenvalue weighted by atomic mass is 10.1. The Balaban J connectivity index is 2.03. The van der Waals surface area contributed by atoms with Gasteiger partial charge in [-0.2, -0.15) is 0 Å². The maximum Gasteiger partial charge on any atom is 0.120 e. The molecule has 0 fully saturated rings. The van der Waals surface area contributed by atoms with Gasteiger partial charge in [0, 0.05) is 17.1 Å². The summed E-state index contributed by atoms with van der Waals surface area (Å²) in [6, 6.07) is 15.0. The van der Waals surface area contributed by atoms with Crippen LogP contribution in [0.1, 0.15) is 30.5 Å². The van der Waals surface area contributed by atoms with Crippen molar-refractivity contribution in [2.75, 3.05) is 0 Å². The predicted molar refractivity (Wildman–Crippen MR) is 91.6 cm³/mol. The van der Waals surface area contributed by atoms with Crippen LogP contribution < -0.4 is 10.1 Å². The molecular weight excluding hydrogens is 326 g/mol. The monoisotopic (exact) mass is 347 g/mol. The molecule has 0 heterocycles. The molecule has 112 valence electrons. The summed E-state index contributed by atoms with van der Waals surface area (Å²) in [5.74, 6) is 0.905. The standard InChI is InChI=1S/C18H22BrNO/c1-13(2)20-11-15-6-4-5-7-16(15)12-21-17-8-9-18(19)14(3)10-17/h4-10,13,20H,11-12H2,1-3H3. The summed E-state index contributed by atoms with van der Waals surface area (Å²) in [6.45, 7) is 7.85. The molecular formula is C18H22BrNO. The van der Waals surface area contributed by atoms with Gasteiger partial charge in [-0.3, -0.25) is 0 Å². The molecule has 0 aromatic heterocycles. The molecule has 2 rings (SSSR count). The molecule has 0 aliphatic rings. The maximum atomic E-state index is 5.93. The smallest absolute Gasteiger partial charge is 0.120 e. The Hall–Kier alpha value is -1.32. The zero-order valence-electron chi connectivity index (χ0n) is 12.8. The molecule has 0 spiro atoms. The van der Waals surface area contributed by atoms with Gasteiger partial charge in [0.2, 0.25) is 0 Å². The summed E-state index contributed by atoms with van der Waals surface area (Å²) in [4.78, 5) is 0. The van der Waals surface area contributed by atoms with Gasteiger partial charge in [0.05, 0.1) is 0 Å². The molecule has 0 saturated carbocycles. The Labute approximate surface area is 135 Å².